The molecular weight excluding hydrogens is 404 g/mol. The smallest absolute Gasteiger partial charge is 0.192 e. The van der Waals surface area contributed by atoms with E-state index < -0.39 is 8.32 Å². The van der Waals surface area contributed by atoms with Crippen LogP contribution in [0.4, 0.5) is 0 Å². The molecule has 0 unspecified atom stereocenters. The van der Waals surface area contributed by atoms with Gasteiger partial charge >= 0.3 is 0 Å². The van der Waals surface area contributed by atoms with Gasteiger partial charge in [-0.3, -0.25) is 0 Å². The van der Waals surface area contributed by atoms with Crippen LogP contribution in [0, 0.1) is 5.92 Å². The van der Waals surface area contributed by atoms with Crippen LogP contribution in [0.1, 0.15) is 49.1 Å². The Kier molecular flexibility index (Phi) is 6.11. The van der Waals surface area contributed by atoms with Crippen LogP contribution in [0.15, 0.2) is 97.6 Å². The zero-order valence-corrected chi connectivity index (χ0v) is 20.9. The molecule has 0 aliphatic heterocycles. The summed E-state index contributed by atoms with van der Waals surface area (Å²) < 4.78 is 7.08. The molecule has 1 aliphatic rings. The molecule has 1 aliphatic carbocycles. The van der Waals surface area contributed by atoms with Crippen molar-refractivity contribution in [1.29, 1.82) is 0 Å². The zero-order valence-electron chi connectivity index (χ0n) is 19.9. The Labute approximate surface area is 194 Å². The first-order chi connectivity index (χ1) is 15.2. The topological polar surface area (TPSA) is 9.23 Å². The molecule has 0 amide bonds. The Hall–Kier alpha value is -2.68. The molecule has 3 aromatic rings. The standard InChI is InChI=1S/C30H34OSi/c1-22-25-19-13-14-20-26(25)29(31-32(5,6)30(2,3)4)27(22)21-28(23-15-9-7-10-16-23)24-17-11-8-12-18-24/h7-21,27,29H,1H2,2-6H3/t27-,29-/m0/s1. The van der Waals surface area contributed by atoms with E-state index in [0.717, 1.165) is 5.57 Å². The van der Waals surface area contributed by atoms with Crippen molar-refractivity contribution < 1.29 is 4.43 Å². The van der Waals surface area contributed by atoms with E-state index in [9.17, 15) is 0 Å². The highest BCUT2D eigenvalue weighted by Crippen LogP contribution is 2.51. The molecule has 0 saturated heterocycles. The summed E-state index contributed by atoms with van der Waals surface area (Å²) in [6.45, 7) is 16.1. The van der Waals surface area contributed by atoms with Crippen molar-refractivity contribution in [1.82, 2.24) is 0 Å². The molecular formula is C30H34OSi. The van der Waals surface area contributed by atoms with Crippen LogP contribution in [0.5, 0.6) is 0 Å². The first kappa shape index (κ1) is 22.5. The highest BCUT2D eigenvalue weighted by atomic mass is 28.4. The van der Waals surface area contributed by atoms with Gasteiger partial charge in [0.25, 0.3) is 0 Å². The third-order valence-electron chi connectivity index (χ3n) is 7.09. The van der Waals surface area contributed by atoms with E-state index in [4.69, 9.17) is 4.43 Å². The van der Waals surface area contributed by atoms with Crippen LogP contribution in [-0.4, -0.2) is 8.32 Å². The second-order valence-electron chi connectivity index (χ2n) is 10.2. The number of hydrogen-bond donors (Lipinski definition) is 0. The van der Waals surface area contributed by atoms with E-state index in [1.165, 1.54) is 27.8 Å². The van der Waals surface area contributed by atoms with Gasteiger partial charge in [-0.05, 0) is 51.5 Å². The lowest BCUT2D eigenvalue weighted by atomic mass is 9.90. The van der Waals surface area contributed by atoms with Crippen LogP contribution in [0.2, 0.25) is 18.1 Å². The SMILES string of the molecule is C=C1c2ccccc2[C@H](O[Si](C)(C)C(C)(C)C)[C@H]1C=C(c1ccccc1)c1ccccc1. The lowest BCUT2D eigenvalue weighted by Gasteiger charge is -2.40. The Morgan fingerprint density at radius 1 is 0.812 bits per heavy atom. The quantitative estimate of drug-likeness (QED) is 0.363. The normalized spacial score (nSPS) is 18.3. The number of hydrogen-bond acceptors (Lipinski definition) is 1. The van der Waals surface area contributed by atoms with Crippen molar-refractivity contribution in [2.45, 2.75) is 45.0 Å². The summed E-state index contributed by atoms with van der Waals surface area (Å²) in [6, 6.07) is 29.9. The van der Waals surface area contributed by atoms with Gasteiger partial charge in [0.15, 0.2) is 8.32 Å². The van der Waals surface area contributed by atoms with Gasteiger partial charge in [0.1, 0.15) is 0 Å². The lowest BCUT2D eigenvalue weighted by molar-refractivity contribution is 0.169. The van der Waals surface area contributed by atoms with E-state index in [1.807, 2.05) is 0 Å². The van der Waals surface area contributed by atoms with Gasteiger partial charge in [-0.1, -0.05) is 118 Å². The van der Waals surface area contributed by atoms with Crippen LogP contribution in [0.3, 0.4) is 0 Å². The average Bonchev–Trinajstić information content (AvgIpc) is 3.03. The molecule has 2 heteroatoms. The lowest BCUT2D eigenvalue weighted by Crippen LogP contribution is -2.42. The van der Waals surface area contributed by atoms with E-state index in [2.05, 4.69) is 131 Å². The van der Waals surface area contributed by atoms with Crippen molar-refractivity contribution in [3.05, 3.63) is 120 Å². The van der Waals surface area contributed by atoms with Gasteiger partial charge in [0.2, 0.25) is 0 Å². The van der Waals surface area contributed by atoms with Crippen molar-refractivity contribution in [3.8, 4) is 0 Å². The number of fused-ring (bicyclic) bond motifs is 1. The number of rotatable bonds is 5. The maximum Gasteiger partial charge on any atom is 0.192 e. The molecule has 0 N–H and O–H groups in total. The fourth-order valence-electron chi connectivity index (χ4n) is 4.19. The largest absolute Gasteiger partial charge is 0.409 e. The monoisotopic (exact) mass is 438 g/mol. The van der Waals surface area contributed by atoms with E-state index in [1.54, 1.807) is 0 Å². The maximum atomic E-state index is 7.08. The molecule has 3 aromatic carbocycles. The van der Waals surface area contributed by atoms with Crippen molar-refractivity contribution in [2.24, 2.45) is 5.92 Å². The van der Waals surface area contributed by atoms with E-state index in [-0.39, 0.29) is 17.1 Å². The Balaban J connectivity index is 1.85. The minimum atomic E-state index is -1.99. The maximum absolute atomic E-state index is 7.08. The highest BCUT2D eigenvalue weighted by Gasteiger charge is 2.44. The highest BCUT2D eigenvalue weighted by molar-refractivity contribution is 6.74. The molecule has 0 fully saturated rings. The number of benzene rings is 3. The van der Waals surface area contributed by atoms with Crippen LogP contribution >= 0.6 is 0 Å². The van der Waals surface area contributed by atoms with Crippen LogP contribution in [0.25, 0.3) is 11.1 Å². The molecule has 0 radical (unpaired) electrons. The Bertz CT molecular complexity index is 1080. The van der Waals surface area contributed by atoms with Crippen molar-refractivity contribution in [3.63, 3.8) is 0 Å². The fraction of sp³-hybridized carbons (Fsp3) is 0.267. The van der Waals surface area contributed by atoms with Gasteiger partial charge in [0.05, 0.1) is 6.10 Å². The minimum absolute atomic E-state index is 0.0120. The van der Waals surface area contributed by atoms with Crippen molar-refractivity contribution in [2.75, 3.05) is 0 Å². The van der Waals surface area contributed by atoms with E-state index >= 15 is 0 Å². The molecule has 2 atom stereocenters. The molecule has 0 heterocycles. The summed E-state index contributed by atoms with van der Waals surface area (Å²) in [5, 5.41) is 0.141. The molecule has 0 aromatic heterocycles. The third kappa shape index (κ3) is 4.30. The van der Waals surface area contributed by atoms with E-state index in [0.29, 0.717) is 0 Å². The molecule has 32 heavy (non-hydrogen) atoms. The average molecular weight is 439 g/mol. The molecule has 0 bridgehead atoms. The Morgan fingerprint density at radius 3 is 1.84 bits per heavy atom. The minimum Gasteiger partial charge on any atom is -0.409 e. The predicted molar refractivity (Wildman–Crippen MR) is 140 cm³/mol. The first-order valence-corrected chi connectivity index (χ1v) is 14.4. The van der Waals surface area contributed by atoms with Gasteiger partial charge in [-0.15, -0.1) is 0 Å². The summed E-state index contributed by atoms with van der Waals surface area (Å²) in [5.41, 5.74) is 7.31. The third-order valence-corrected chi connectivity index (χ3v) is 11.5. The van der Waals surface area contributed by atoms with Gasteiger partial charge in [0, 0.05) is 5.92 Å². The molecule has 0 spiro atoms. The molecule has 164 valence electrons. The zero-order chi connectivity index (χ0) is 22.9. The van der Waals surface area contributed by atoms with Crippen molar-refractivity contribution >= 4 is 19.5 Å². The first-order valence-electron chi connectivity index (χ1n) is 11.5. The van der Waals surface area contributed by atoms with Gasteiger partial charge in [-0.25, -0.2) is 0 Å². The Morgan fingerprint density at radius 2 is 1.31 bits per heavy atom. The molecule has 4 rings (SSSR count). The molecule has 1 nitrogen and oxygen atoms in total. The summed E-state index contributed by atoms with van der Waals surface area (Å²) >= 11 is 0. The second kappa shape index (κ2) is 8.69. The summed E-state index contributed by atoms with van der Waals surface area (Å²) in [7, 11) is -1.99. The molecule has 0 saturated carbocycles. The van der Waals surface area contributed by atoms with Crippen LogP contribution in [-0.2, 0) is 4.43 Å². The summed E-state index contributed by atoms with van der Waals surface area (Å²) in [5.74, 6) is 0.0944. The fourth-order valence-corrected chi connectivity index (χ4v) is 5.45. The predicted octanol–water partition coefficient (Wildman–Crippen LogP) is 8.52. The summed E-state index contributed by atoms with van der Waals surface area (Å²) in [6.07, 6.45) is 2.38. The van der Waals surface area contributed by atoms with Gasteiger partial charge < -0.3 is 4.43 Å². The second-order valence-corrected chi connectivity index (χ2v) is 15.0. The van der Waals surface area contributed by atoms with Gasteiger partial charge in [-0.2, -0.15) is 0 Å². The van der Waals surface area contributed by atoms with Crippen LogP contribution < -0.4 is 0 Å². The summed E-state index contributed by atoms with van der Waals surface area (Å²) in [4.78, 5) is 0.